The number of ketones is 1. The van der Waals surface area contributed by atoms with E-state index in [1.165, 1.54) is 6.07 Å². The summed E-state index contributed by atoms with van der Waals surface area (Å²) in [6.07, 6.45) is 1.48. The number of Topliss-reactive ketones (excluding diaryl/α,β-unsaturated/α-hetero) is 1. The lowest BCUT2D eigenvalue weighted by atomic mass is 10.0. The molecule has 92 valence electrons. The molecule has 0 amide bonds. The largest absolute Gasteiger partial charge is 0.481 e. The standard InChI is InChI=1S/C12H12Cl2O3/c13-9-6-5-8(7-10(9)14)11(15)3-1-2-4-12(16)17/h5-7H,1-4H2,(H,16,17). The van der Waals surface area contributed by atoms with Gasteiger partial charge in [-0.05, 0) is 31.0 Å². The van der Waals surface area contributed by atoms with Crippen LogP contribution in [-0.4, -0.2) is 16.9 Å². The predicted octanol–water partition coefficient (Wildman–Crippen LogP) is 3.82. The van der Waals surface area contributed by atoms with Crippen LogP contribution in [0.3, 0.4) is 0 Å². The van der Waals surface area contributed by atoms with Gasteiger partial charge in [0.1, 0.15) is 0 Å². The fourth-order valence-corrected chi connectivity index (χ4v) is 1.67. The van der Waals surface area contributed by atoms with Gasteiger partial charge in [0.15, 0.2) is 5.78 Å². The van der Waals surface area contributed by atoms with Crippen molar-refractivity contribution in [2.24, 2.45) is 0 Å². The molecule has 0 unspecified atom stereocenters. The number of hydrogen-bond donors (Lipinski definition) is 1. The molecule has 0 aliphatic carbocycles. The molecule has 5 heteroatoms. The third-order valence-electron chi connectivity index (χ3n) is 2.29. The zero-order valence-electron chi connectivity index (χ0n) is 9.08. The maximum absolute atomic E-state index is 11.7. The van der Waals surface area contributed by atoms with Crippen LogP contribution in [0.25, 0.3) is 0 Å². The monoisotopic (exact) mass is 274 g/mol. The van der Waals surface area contributed by atoms with Crippen molar-refractivity contribution in [2.45, 2.75) is 25.7 Å². The van der Waals surface area contributed by atoms with E-state index in [2.05, 4.69) is 0 Å². The highest BCUT2D eigenvalue weighted by molar-refractivity contribution is 6.42. The van der Waals surface area contributed by atoms with E-state index in [4.69, 9.17) is 28.3 Å². The maximum Gasteiger partial charge on any atom is 0.303 e. The first-order valence-electron chi connectivity index (χ1n) is 5.20. The van der Waals surface area contributed by atoms with E-state index >= 15 is 0 Å². The van der Waals surface area contributed by atoms with Crippen LogP contribution in [0.4, 0.5) is 0 Å². The van der Waals surface area contributed by atoms with E-state index in [-0.39, 0.29) is 12.2 Å². The van der Waals surface area contributed by atoms with Crippen molar-refractivity contribution in [3.63, 3.8) is 0 Å². The van der Waals surface area contributed by atoms with Gasteiger partial charge in [0.05, 0.1) is 10.0 Å². The van der Waals surface area contributed by atoms with Gasteiger partial charge in [0.2, 0.25) is 0 Å². The highest BCUT2D eigenvalue weighted by Crippen LogP contribution is 2.23. The van der Waals surface area contributed by atoms with Gasteiger partial charge in [-0.2, -0.15) is 0 Å². The van der Waals surface area contributed by atoms with E-state index in [1.54, 1.807) is 12.1 Å². The minimum absolute atomic E-state index is 0.0473. The van der Waals surface area contributed by atoms with Gasteiger partial charge in [-0.1, -0.05) is 23.2 Å². The molecule has 0 fully saturated rings. The molecule has 0 atom stereocenters. The highest BCUT2D eigenvalue weighted by Gasteiger charge is 2.08. The second-order valence-corrected chi connectivity index (χ2v) is 4.47. The van der Waals surface area contributed by atoms with E-state index in [9.17, 15) is 9.59 Å². The number of halogens is 2. The van der Waals surface area contributed by atoms with Crippen molar-refractivity contribution in [1.82, 2.24) is 0 Å². The van der Waals surface area contributed by atoms with Crippen LogP contribution in [-0.2, 0) is 4.79 Å². The molecule has 1 N–H and O–H groups in total. The van der Waals surface area contributed by atoms with Crippen LogP contribution in [0.15, 0.2) is 18.2 Å². The summed E-state index contributed by atoms with van der Waals surface area (Å²) in [5.41, 5.74) is 0.509. The minimum Gasteiger partial charge on any atom is -0.481 e. The lowest BCUT2D eigenvalue weighted by molar-refractivity contribution is -0.137. The van der Waals surface area contributed by atoms with E-state index in [0.29, 0.717) is 34.9 Å². The summed E-state index contributed by atoms with van der Waals surface area (Å²) < 4.78 is 0. The van der Waals surface area contributed by atoms with E-state index in [1.807, 2.05) is 0 Å². The Kier molecular flexibility index (Phi) is 5.45. The summed E-state index contributed by atoms with van der Waals surface area (Å²) in [6.45, 7) is 0. The highest BCUT2D eigenvalue weighted by atomic mass is 35.5. The average molecular weight is 275 g/mol. The van der Waals surface area contributed by atoms with Crippen LogP contribution < -0.4 is 0 Å². The zero-order valence-corrected chi connectivity index (χ0v) is 10.6. The molecule has 0 saturated carbocycles. The smallest absolute Gasteiger partial charge is 0.303 e. The Morgan fingerprint density at radius 3 is 2.29 bits per heavy atom. The molecule has 0 spiro atoms. The third kappa shape index (κ3) is 4.75. The van der Waals surface area contributed by atoms with Crippen molar-refractivity contribution in [3.8, 4) is 0 Å². The molecule has 17 heavy (non-hydrogen) atoms. The Morgan fingerprint density at radius 2 is 1.71 bits per heavy atom. The SMILES string of the molecule is O=C(O)CCCCC(=O)c1ccc(Cl)c(Cl)c1. The number of carbonyl (C=O) groups excluding carboxylic acids is 1. The number of unbranched alkanes of at least 4 members (excludes halogenated alkanes) is 1. The first kappa shape index (κ1) is 14.0. The molecule has 1 aromatic rings. The number of carboxylic acid groups (broad SMARTS) is 1. The molecule has 0 aliphatic rings. The molecule has 0 radical (unpaired) electrons. The molecular formula is C12H12Cl2O3. The first-order chi connectivity index (χ1) is 8.00. The first-order valence-corrected chi connectivity index (χ1v) is 5.96. The normalized spacial score (nSPS) is 10.2. The van der Waals surface area contributed by atoms with Crippen LogP contribution >= 0.6 is 23.2 Å². The van der Waals surface area contributed by atoms with Gasteiger partial charge < -0.3 is 5.11 Å². The molecule has 3 nitrogen and oxygen atoms in total. The molecule has 0 aliphatic heterocycles. The van der Waals surface area contributed by atoms with Gasteiger partial charge in [-0.3, -0.25) is 9.59 Å². The van der Waals surface area contributed by atoms with Crippen molar-refractivity contribution in [2.75, 3.05) is 0 Å². The molecule has 0 heterocycles. The van der Waals surface area contributed by atoms with Gasteiger partial charge in [-0.25, -0.2) is 0 Å². The van der Waals surface area contributed by atoms with Crippen molar-refractivity contribution in [3.05, 3.63) is 33.8 Å². The van der Waals surface area contributed by atoms with Crippen molar-refractivity contribution < 1.29 is 14.7 Å². The second-order valence-electron chi connectivity index (χ2n) is 3.65. The summed E-state index contributed by atoms with van der Waals surface area (Å²) in [5.74, 6) is -0.888. The number of aliphatic carboxylic acids is 1. The lowest BCUT2D eigenvalue weighted by Gasteiger charge is -2.02. The molecular weight excluding hydrogens is 263 g/mol. The Hall–Kier alpha value is -1.06. The van der Waals surface area contributed by atoms with Gasteiger partial charge in [-0.15, -0.1) is 0 Å². The number of carbonyl (C=O) groups is 2. The zero-order chi connectivity index (χ0) is 12.8. The van der Waals surface area contributed by atoms with Crippen LogP contribution in [0.1, 0.15) is 36.0 Å². The topological polar surface area (TPSA) is 54.4 Å². The van der Waals surface area contributed by atoms with Crippen molar-refractivity contribution >= 4 is 35.0 Å². The summed E-state index contributed by atoms with van der Waals surface area (Å²) in [7, 11) is 0. The Labute approximate surface area is 109 Å². The van der Waals surface area contributed by atoms with E-state index in [0.717, 1.165) is 0 Å². The quantitative estimate of drug-likeness (QED) is 0.634. The van der Waals surface area contributed by atoms with E-state index < -0.39 is 5.97 Å². The average Bonchev–Trinajstić information content (AvgIpc) is 2.27. The summed E-state index contributed by atoms with van der Waals surface area (Å²) in [6, 6.07) is 4.73. The third-order valence-corrected chi connectivity index (χ3v) is 3.03. The molecule has 1 aromatic carbocycles. The number of carboxylic acids is 1. The molecule has 1 rings (SSSR count). The Morgan fingerprint density at radius 1 is 1.06 bits per heavy atom. The lowest BCUT2D eigenvalue weighted by Crippen LogP contribution is -2.00. The summed E-state index contributed by atoms with van der Waals surface area (Å²) in [4.78, 5) is 22.0. The number of benzene rings is 1. The molecule has 0 bridgehead atoms. The Bertz CT molecular complexity index is 430. The number of rotatable bonds is 6. The predicted molar refractivity (Wildman–Crippen MR) is 66.9 cm³/mol. The van der Waals surface area contributed by atoms with Crippen molar-refractivity contribution in [1.29, 1.82) is 0 Å². The maximum atomic E-state index is 11.7. The minimum atomic E-state index is -0.841. The fourth-order valence-electron chi connectivity index (χ4n) is 1.38. The fraction of sp³-hybridized carbons (Fsp3) is 0.333. The van der Waals surface area contributed by atoms with Crippen LogP contribution in [0.5, 0.6) is 0 Å². The van der Waals surface area contributed by atoms with Crippen LogP contribution in [0, 0.1) is 0 Å². The van der Waals surface area contributed by atoms with Crippen LogP contribution in [0.2, 0.25) is 10.0 Å². The van der Waals surface area contributed by atoms with Gasteiger partial charge >= 0.3 is 5.97 Å². The van der Waals surface area contributed by atoms with Gasteiger partial charge in [0.25, 0.3) is 0 Å². The Balaban J connectivity index is 2.47. The second kappa shape index (κ2) is 6.62. The van der Waals surface area contributed by atoms with Gasteiger partial charge in [0, 0.05) is 18.4 Å². The molecule has 0 aromatic heterocycles. The molecule has 0 saturated heterocycles. The summed E-state index contributed by atoms with van der Waals surface area (Å²) >= 11 is 11.5. The summed E-state index contributed by atoms with van der Waals surface area (Å²) in [5, 5.41) is 9.21. The number of hydrogen-bond acceptors (Lipinski definition) is 2.